The quantitative estimate of drug-likeness (QED) is 0.126. The van der Waals surface area contributed by atoms with E-state index in [0.29, 0.717) is 0 Å². The molecular formula is C34H30I2O3. The van der Waals surface area contributed by atoms with Gasteiger partial charge >= 0.3 is 0 Å². The maximum atomic E-state index is 5.88. The van der Waals surface area contributed by atoms with Gasteiger partial charge in [0, 0.05) is 46.1 Å². The predicted octanol–water partition coefficient (Wildman–Crippen LogP) is 10.1. The van der Waals surface area contributed by atoms with Crippen LogP contribution in [0.4, 0.5) is 0 Å². The normalized spacial score (nSPS) is 11.2. The largest absolute Gasteiger partial charge is 0.496 e. The third-order valence-electron chi connectivity index (χ3n) is 6.43. The maximum Gasteiger partial charge on any atom is 0.126 e. The first-order valence-electron chi connectivity index (χ1n) is 12.4. The molecule has 39 heavy (non-hydrogen) atoms. The molecule has 0 unspecified atom stereocenters. The molecule has 4 rings (SSSR count). The molecule has 0 saturated carbocycles. The molecule has 0 aliphatic heterocycles. The number of allylic oxidation sites excluding steroid dienone is 5. The highest BCUT2D eigenvalue weighted by atomic mass is 127. The van der Waals surface area contributed by atoms with E-state index in [0.717, 1.165) is 68.9 Å². The van der Waals surface area contributed by atoms with E-state index in [4.69, 9.17) is 14.2 Å². The van der Waals surface area contributed by atoms with Crippen molar-refractivity contribution in [3.05, 3.63) is 116 Å². The monoisotopic (exact) mass is 740 g/mol. The molecule has 0 heterocycles. The lowest BCUT2D eigenvalue weighted by Crippen LogP contribution is -2.05. The SMILES string of the molecule is C=C(/C=C\C=C/C)c1c(I)c(-c2ccccc2OC)c(-c2ccccc2OC)c(I)c1-c1ccccc1OC. The van der Waals surface area contributed by atoms with E-state index in [-0.39, 0.29) is 0 Å². The highest BCUT2D eigenvalue weighted by Crippen LogP contribution is 2.52. The van der Waals surface area contributed by atoms with Crippen molar-refractivity contribution in [2.24, 2.45) is 0 Å². The first-order chi connectivity index (χ1) is 19.0. The molecule has 0 N–H and O–H groups in total. The average Bonchev–Trinajstić information content (AvgIpc) is 2.97. The summed E-state index contributed by atoms with van der Waals surface area (Å²) in [6.07, 6.45) is 8.09. The highest BCUT2D eigenvalue weighted by Gasteiger charge is 2.28. The topological polar surface area (TPSA) is 27.7 Å². The van der Waals surface area contributed by atoms with Crippen molar-refractivity contribution < 1.29 is 14.2 Å². The van der Waals surface area contributed by atoms with Crippen LogP contribution < -0.4 is 14.2 Å². The smallest absolute Gasteiger partial charge is 0.126 e. The van der Waals surface area contributed by atoms with Crippen LogP contribution in [0, 0.1) is 7.14 Å². The van der Waals surface area contributed by atoms with E-state index in [9.17, 15) is 0 Å². The molecule has 5 heteroatoms. The van der Waals surface area contributed by atoms with Crippen LogP contribution in [-0.2, 0) is 0 Å². The molecule has 0 amide bonds. The highest BCUT2D eigenvalue weighted by molar-refractivity contribution is 14.1. The molecule has 0 atom stereocenters. The van der Waals surface area contributed by atoms with E-state index < -0.39 is 0 Å². The van der Waals surface area contributed by atoms with Crippen molar-refractivity contribution in [3.8, 4) is 50.6 Å². The lowest BCUT2D eigenvalue weighted by molar-refractivity contribution is 0.415. The van der Waals surface area contributed by atoms with Crippen LogP contribution in [0.2, 0.25) is 0 Å². The molecule has 0 aromatic heterocycles. The van der Waals surface area contributed by atoms with Crippen LogP contribution >= 0.6 is 45.2 Å². The number of methoxy groups -OCH3 is 3. The molecule has 0 saturated heterocycles. The minimum atomic E-state index is 0.799. The first kappa shape index (κ1) is 29.0. The van der Waals surface area contributed by atoms with Gasteiger partial charge in [0.15, 0.2) is 0 Å². The molecule has 0 bridgehead atoms. The fraction of sp³-hybridized carbons (Fsp3) is 0.118. The number of benzene rings is 4. The van der Waals surface area contributed by atoms with E-state index in [1.54, 1.807) is 21.3 Å². The second-order valence-corrected chi connectivity index (χ2v) is 10.8. The van der Waals surface area contributed by atoms with Gasteiger partial charge in [-0.05, 0) is 75.9 Å². The molecule has 0 radical (unpaired) electrons. The minimum absolute atomic E-state index is 0.799. The summed E-state index contributed by atoms with van der Waals surface area (Å²) in [7, 11) is 5.13. The van der Waals surface area contributed by atoms with Crippen molar-refractivity contribution >= 4 is 50.8 Å². The lowest BCUT2D eigenvalue weighted by Gasteiger charge is -2.25. The number of hydrogen-bond acceptors (Lipinski definition) is 3. The van der Waals surface area contributed by atoms with Crippen molar-refractivity contribution in [3.63, 3.8) is 0 Å². The second kappa shape index (κ2) is 13.3. The average molecular weight is 740 g/mol. The van der Waals surface area contributed by atoms with E-state index in [1.807, 2.05) is 79.7 Å². The van der Waals surface area contributed by atoms with Gasteiger partial charge in [-0.1, -0.05) is 85.5 Å². The van der Waals surface area contributed by atoms with Gasteiger partial charge < -0.3 is 14.2 Å². The van der Waals surface area contributed by atoms with Crippen LogP contribution in [0.25, 0.3) is 39.0 Å². The number of hydrogen-bond donors (Lipinski definition) is 0. The summed E-state index contributed by atoms with van der Waals surface area (Å²) in [5.74, 6) is 2.40. The summed E-state index contributed by atoms with van der Waals surface area (Å²) in [5.41, 5.74) is 8.15. The molecule has 4 aromatic rings. The van der Waals surface area contributed by atoms with Crippen LogP contribution in [0.15, 0.2) is 104 Å². The Morgan fingerprint density at radius 1 is 0.615 bits per heavy atom. The maximum absolute atomic E-state index is 5.88. The Morgan fingerprint density at radius 2 is 1.03 bits per heavy atom. The summed E-state index contributed by atoms with van der Waals surface area (Å²) in [4.78, 5) is 0. The standard InChI is InChI=1S/C34H30I2O3/c1-6-7-8-15-22(2)29-30(23-16-9-12-19-26(23)37-3)34(36)32(25-18-11-14-21-28(25)39-5)31(33(29)35)24-17-10-13-20-27(24)38-4/h6-21H,2H2,1,3-5H3/b7-6-,15-8-. The Labute approximate surface area is 258 Å². The Morgan fingerprint density at radius 3 is 1.46 bits per heavy atom. The third kappa shape index (κ3) is 5.79. The van der Waals surface area contributed by atoms with Crippen LogP contribution in [0.3, 0.4) is 0 Å². The summed E-state index contributed by atoms with van der Waals surface area (Å²) in [5, 5.41) is 0. The zero-order valence-corrected chi connectivity index (χ0v) is 26.7. The molecule has 0 aliphatic rings. The van der Waals surface area contributed by atoms with Crippen LogP contribution in [-0.4, -0.2) is 21.3 Å². The fourth-order valence-electron chi connectivity index (χ4n) is 4.67. The minimum Gasteiger partial charge on any atom is -0.496 e. The molecule has 0 fully saturated rings. The number of para-hydroxylation sites is 3. The Balaban J connectivity index is 2.26. The van der Waals surface area contributed by atoms with E-state index in [1.165, 1.54) is 0 Å². The molecule has 198 valence electrons. The number of halogens is 2. The van der Waals surface area contributed by atoms with Gasteiger partial charge in [0.2, 0.25) is 0 Å². The summed E-state index contributed by atoms with van der Waals surface area (Å²) in [6.45, 7) is 6.53. The van der Waals surface area contributed by atoms with Crippen molar-refractivity contribution in [2.75, 3.05) is 21.3 Å². The van der Waals surface area contributed by atoms with Gasteiger partial charge in [-0.3, -0.25) is 0 Å². The van der Waals surface area contributed by atoms with Gasteiger partial charge in [-0.15, -0.1) is 0 Å². The van der Waals surface area contributed by atoms with E-state index >= 15 is 0 Å². The Bertz CT molecular complexity index is 1570. The zero-order valence-electron chi connectivity index (χ0n) is 22.4. The summed E-state index contributed by atoms with van der Waals surface area (Å²) in [6, 6.07) is 24.4. The third-order valence-corrected chi connectivity index (χ3v) is 8.59. The molecule has 3 nitrogen and oxygen atoms in total. The second-order valence-electron chi connectivity index (χ2n) is 8.64. The van der Waals surface area contributed by atoms with Crippen LogP contribution in [0.1, 0.15) is 12.5 Å². The van der Waals surface area contributed by atoms with Gasteiger partial charge in [-0.25, -0.2) is 0 Å². The lowest BCUT2D eigenvalue weighted by atomic mass is 9.85. The number of ether oxygens (including phenoxy) is 3. The van der Waals surface area contributed by atoms with Crippen molar-refractivity contribution in [1.82, 2.24) is 0 Å². The predicted molar refractivity (Wildman–Crippen MR) is 181 cm³/mol. The van der Waals surface area contributed by atoms with Gasteiger partial charge in [-0.2, -0.15) is 0 Å². The van der Waals surface area contributed by atoms with E-state index in [2.05, 4.69) is 76.0 Å². The molecule has 4 aromatic carbocycles. The van der Waals surface area contributed by atoms with Crippen LogP contribution in [0.5, 0.6) is 17.2 Å². The fourth-order valence-corrected chi connectivity index (χ4v) is 6.97. The molecule has 0 aliphatic carbocycles. The van der Waals surface area contributed by atoms with Gasteiger partial charge in [0.05, 0.1) is 21.3 Å². The van der Waals surface area contributed by atoms with Crippen molar-refractivity contribution in [1.29, 1.82) is 0 Å². The van der Waals surface area contributed by atoms with Gasteiger partial charge in [0.1, 0.15) is 17.2 Å². The Hall–Kier alpha value is -3.04. The van der Waals surface area contributed by atoms with Gasteiger partial charge in [0.25, 0.3) is 0 Å². The first-order valence-corrected chi connectivity index (χ1v) is 14.6. The zero-order chi connectivity index (χ0) is 27.9. The summed E-state index contributed by atoms with van der Waals surface area (Å²) < 4.78 is 19.7. The summed E-state index contributed by atoms with van der Waals surface area (Å²) >= 11 is 4.95. The molecular weight excluding hydrogens is 710 g/mol. The van der Waals surface area contributed by atoms with Crippen molar-refractivity contribution in [2.45, 2.75) is 6.92 Å². The molecule has 0 spiro atoms. The Kier molecular flexibility index (Phi) is 9.91. The number of rotatable bonds is 9.